The molecule has 5 rings (SSSR count). The Morgan fingerprint density at radius 2 is 1.88 bits per heavy atom. The van der Waals surface area contributed by atoms with Gasteiger partial charge < -0.3 is 24.1 Å². The highest BCUT2D eigenvalue weighted by molar-refractivity contribution is 8.13. The summed E-state index contributed by atoms with van der Waals surface area (Å²) in [6, 6.07) is 10.3. The number of thioether (sulfide) groups is 1. The number of aromatic nitrogens is 3. The van der Waals surface area contributed by atoms with Crippen LogP contribution in [0, 0.1) is 6.08 Å². The lowest BCUT2D eigenvalue weighted by molar-refractivity contribution is -0.193. The van der Waals surface area contributed by atoms with Crippen LogP contribution in [0.25, 0.3) is 11.0 Å². The normalized spacial score (nSPS) is 25.4. The molecule has 0 aliphatic carbocycles. The third-order valence-corrected chi connectivity index (χ3v) is 6.56. The van der Waals surface area contributed by atoms with Gasteiger partial charge in [0.05, 0.1) is 11.5 Å². The number of rotatable bonds is 5. The zero-order valence-corrected chi connectivity index (χ0v) is 19.5. The summed E-state index contributed by atoms with van der Waals surface area (Å²) in [6.45, 7) is 5.11. The van der Waals surface area contributed by atoms with E-state index in [9.17, 15) is 14.0 Å². The Bertz CT molecular complexity index is 1250. The van der Waals surface area contributed by atoms with Crippen LogP contribution in [-0.4, -0.2) is 55.4 Å². The highest BCUT2D eigenvalue weighted by Gasteiger charge is 2.56. The van der Waals surface area contributed by atoms with Crippen LogP contribution in [0.5, 0.6) is 0 Å². The molecule has 4 heterocycles. The molecular weight excluding hydrogens is 463 g/mol. The van der Waals surface area contributed by atoms with Crippen molar-refractivity contribution in [2.75, 3.05) is 11.1 Å². The van der Waals surface area contributed by atoms with Gasteiger partial charge in [-0.3, -0.25) is 9.59 Å². The number of hydrogen-bond donors (Lipinski definition) is 1. The number of amides is 1. The number of carbonyl (C=O) groups is 2. The van der Waals surface area contributed by atoms with Crippen LogP contribution < -0.4 is 5.32 Å². The second kappa shape index (κ2) is 8.73. The SMILES string of the molecule is CC(=O)SC[C@H]1O[C@@H](n2ccc3c(NC(=O)c4ccccc4)nc(F)nc32)[C@@H]2OC(C)(C)O[C@@H]21. The molecule has 0 spiro atoms. The number of nitrogens with one attached hydrogen (secondary N) is 1. The maximum Gasteiger partial charge on any atom is 0.312 e. The molecule has 0 saturated carbocycles. The van der Waals surface area contributed by atoms with Gasteiger partial charge in [-0.15, -0.1) is 0 Å². The van der Waals surface area contributed by atoms with Crippen LogP contribution in [0.3, 0.4) is 0 Å². The summed E-state index contributed by atoms with van der Waals surface area (Å²) in [5, 5.41) is 3.09. The number of hydrogen-bond acceptors (Lipinski definition) is 8. The molecule has 2 fully saturated rings. The van der Waals surface area contributed by atoms with E-state index >= 15 is 0 Å². The van der Waals surface area contributed by atoms with Crippen molar-refractivity contribution < 1.29 is 28.2 Å². The van der Waals surface area contributed by atoms with E-state index < -0.39 is 42.3 Å². The van der Waals surface area contributed by atoms with Gasteiger partial charge in [-0.05, 0) is 32.0 Å². The zero-order valence-electron chi connectivity index (χ0n) is 18.7. The minimum absolute atomic E-state index is 0.0261. The predicted molar refractivity (Wildman–Crippen MR) is 123 cm³/mol. The fourth-order valence-corrected chi connectivity index (χ4v) is 4.96. The van der Waals surface area contributed by atoms with Gasteiger partial charge in [-0.1, -0.05) is 30.0 Å². The maximum absolute atomic E-state index is 14.4. The van der Waals surface area contributed by atoms with Crippen molar-refractivity contribution in [1.29, 1.82) is 0 Å². The van der Waals surface area contributed by atoms with Crippen LogP contribution in [0.2, 0.25) is 0 Å². The lowest BCUT2D eigenvalue weighted by Crippen LogP contribution is -2.31. The molecule has 0 bridgehead atoms. The number of carbonyl (C=O) groups excluding carboxylic acids is 2. The van der Waals surface area contributed by atoms with E-state index in [1.54, 1.807) is 47.2 Å². The first kappa shape index (κ1) is 22.9. The highest BCUT2D eigenvalue weighted by atomic mass is 32.2. The summed E-state index contributed by atoms with van der Waals surface area (Å²) in [6.07, 6.45) is -1.29. The van der Waals surface area contributed by atoms with Crippen LogP contribution in [0.15, 0.2) is 42.6 Å². The molecule has 178 valence electrons. The minimum Gasteiger partial charge on any atom is -0.348 e. The second-order valence-corrected chi connectivity index (χ2v) is 9.75. The summed E-state index contributed by atoms with van der Waals surface area (Å²) < 4.78 is 34.5. The Hall–Kier alpha value is -2.86. The average Bonchev–Trinajstić information content (AvgIpc) is 3.43. The molecule has 2 saturated heterocycles. The number of fused-ring (bicyclic) bond motifs is 2. The lowest BCUT2D eigenvalue weighted by Gasteiger charge is -2.24. The van der Waals surface area contributed by atoms with Gasteiger partial charge in [-0.25, -0.2) is 0 Å². The number of ether oxygens (including phenoxy) is 3. The van der Waals surface area contributed by atoms with Gasteiger partial charge >= 0.3 is 6.08 Å². The van der Waals surface area contributed by atoms with Crippen LogP contribution >= 0.6 is 11.8 Å². The summed E-state index contributed by atoms with van der Waals surface area (Å²) in [4.78, 5) is 31.9. The molecule has 11 heteroatoms. The molecule has 0 radical (unpaired) electrons. The molecule has 0 unspecified atom stereocenters. The fraction of sp³-hybridized carbons (Fsp3) is 0.391. The highest BCUT2D eigenvalue weighted by Crippen LogP contribution is 2.45. The number of anilines is 1. The summed E-state index contributed by atoms with van der Waals surface area (Å²) in [7, 11) is 0. The van der Waals surface area contributed by atoms with Crippen molar-refractivity contribution in [2.45, 2.75) is 51.1 Å². The second-order valence-electron chi connectivity index (χ2n) is 8.55. The van der Waals surface area contributed by atoms with E-state index in [4.69, 9.17) is 14.2 Å². The molecule has 2 aromatic heterocycles. The zero-order chi connectivity index (χ0) is 24.0. The molecule has 1 amide bonds. The van der Waals surface area contributed by atoms with Gasteiger partial charge in [0.2, 0.25) is 0 Å². The molecular formula is C23H23FN4O5S. The van der Waals surface area contributed by atoms with E-state index in [0.717, 1.165) is 11.8 Å². The van der Waals surface area contributed by atoms with Crippen LogP contribution in [0.4, 0.5) is 10.2 Å². The van der Waals surface area contributed by atoms with Gasteiger partial charge in [0, 0.05) is 24.4 Å². The van der Waals surface area contributed by atoms with E-state index in [1.165, 1.54) is 6.92 Å². The van der Waals surface area contributed by atoms with Gasteiger partial charge in [0.25, 0.3) is 5.91 Å². The van der Waals surface area contributed by atoms with E-state index in [2.05, 4.69) is 15.3 Å². The van der Waals surface area contributed by atoms with Gasteiger partial charge in [0.1, 0.15) is 18.0 Å². The third kappa shape index (κ3) is 4.31. The Morgan fingerprint density at radius 3 is 2.62 bits per heavy atom. The molecule has 1 aromatic carbocycles. The Morgan fingerprint density at radius 1 is 1.15 bits per heavy atom. The molecule has 2 aliphatic rings. The van der Waals surface area contributed by atoms with Crippen molar-refractivity contribution in [3.63, 3.8) is 0 Å². The Labute approximate surface area is 199 Å². The molecule has 3 aromatic rings. The van der Waals surface area contributed by atoms with Crippen LogP contribution in [-0.2, 0) is 19.0 Å². The average molecular weight is 487 g/mol. The van der Waals surface area contributed by atoms with Crippen LogP contribution in [0.1, 0.15) is 37.4 Å². The van der Waals surface area contributed by atoms with E-state index in [0.29, 0.717) is 16.7 Å². The first-order valence-corrected chi connectivity index (χ1v) is 11.8. The topological polar surface area (TPSA) is 105 Å². The molecule has 2 aliphatic heterocycles. The van der Waals surface area contributed by atoms with Crippen molar-refractivity contribution in [3.8, 4) is 0 Å². The molecule has 1 N–H and O–H groups in total. The van der Waals surface area contributed by atoms with Crippen molar-refractivity contribution in [3.05, 3.63) is 54.2 Å². The molecule has 9 nitrogen and oxygen atoms in total. The van der Waals surface area contributed by atoms with Crippen molar-refractivity contribution in [2.24, 2.45) is 0 Å². The van der Waals surface area contributed by atoms with Crippen molar-refractivity contribution >= 4 is 39.6 Å². The predicted octanol–water partition coefficient (Wildman–Crippen LogP) is 3.52. The Balaban J connectivity index is 1.48. The standard InChI is InChI=1S/C23H23FN4O5S/c1-12(29)34-11-15-16-17(33-23(2,3)32-16)21(31-15)28-10-9-14-18(26-22(24)27-19(14)28)25-20(30)13-7-5-4-6-8-13/h4-10,15-17,21H,11H2,1-3H3,(H,25,26,27,30)/t15-,16-,17-,21-/m1/s1. The minimum atomic E-state index is -0.988. The third-order valence-electron chi connectivity index (χ3n) is 5.66. The smallest absolute Gasteiger partial charge is 0.312 e. The summed E-state index contributed by atoms with van der Waals surface area (Å²) in [5.74, 6) is -0.806. The van der Waals surface area contributed by atoms with Gasteiger partial charge in [-0.2, -0.15) is 14.4 Å². The first-order chi connectivity index (χ1) is 16.2. The summed E-state index contributed by atoms with van der Waals surface area (Å²) in [5.41, 5.74) is 0.661. The quantitative estimate of drug-likeness (QED) is 0.547. The van der Waals surface area contributed by atoms with E-state index in [1.807, 2.05) is 13.8 Å². The number of halogens is 1. The number of benzene rings is 1. The van der Waals surface area contributed by atoms with Crippen molar-refractivity contribution in [1.82, 2.24) is 14.5 Å². The summed E-state index contributed by atoms with van der Waals surface area (Å²) >= 11 is 1.15. The van der Waals surface area contributed by atoms with Gasteiger partial charge in [0.15, 0.2) is 22.8 Å². The maximum atomic E-state index is 14.4. The Kier molecular flexibility index (Phi) is 5.88. The lowest BCUT2D eigenvalue weighted by atomic mass is 10.1. The fourth-order valence-electron chi connectivity index (χ4n) is 4.29. The molecule has 4 atom stereocenters. The monoisotopic (exact) mass is 486 g/mol. The van der Waals surface area contributed by atoms with E-state index in [-0.39, 0.29) is 16.6 Å². The molecule has 34 heavy (non-hydrogen) atoms. The largest absolute Gasteiger partial charge is 0.348 e. The first-order valence-electron chi connectivity index (χ1n) is 10.8. The number of nitrogens with zero attached hydrogens (tertiary/aromatic N) is 3.